The lowest BCUT2D eigenvalue weighted by Gasteiger charge is -2.07. The lowest BCUT2D eigenvalue weighted by molar-refractivity contribution is 0.616. The van der Waals surface area contributed by atoms with Crippen molar-refractivity contribution in [2.45, 2.75) is 13.5 Å². The molecular weight excluding hydrogens is 259 g/mol. The van der Waals surface area contributed by atoms with Crippen molar-refractivity contribution >= 4 is 27.2 Å². The van der Waals surface area contributed by atoms with Crippen LogP contribution in [0.5, 0.6) is 0 Å². The van der Waals surface area contributed by atoms with Crippen LogP contribution in [0.4, 0.5) is 10.1 Å². The van der Waals surface area contributed by atoms with E-state index < -0.39 is 0 Å². The second kappa shape index (κ2) is 4.97. The Balaban J connectivity index is 1.75. The van der Waals surface area contributed by atoms with Crippen molar-refractivity contribution < 1.29 is 4.39 Å². The zero-order valence-electron chi connectivity index (χ0n) is 10.5. The van der Waals surface area contributed by atoms with E-state index in [1.54, 1.807) is 30.4 Å². The molecule has 2 aromatic carbocycles. The van der Waals surface area contributed by atoms with Crippen molar-refractivity contribution in [2.24, 2.45) is 0 Å². The molecule has 3 rings (SSSR count). The molecule has 1 heterocycles. The number of hydrogen-bond donors (Lipinski definition) is 1. The van der Waals surface area contributed by atoms with E-state index in [1.165, 1.54) is 0 Å². The maximum absolute atomic E-state index is 13.4. The van der Waals surface area contributed by atoms with E-state index in [9.17, 15) is 4.39 Å². The minimum Gasteiger partial charge on any atom is -0.381 e. The number of aromatic nitrogens is 1. The molecule has 0 aliphatic rings. The third-order valence-electron chi connectivity index (χ3n) is 3.06. The lowest BCUT2D eigenvalue weighted by Crippen LogP contribution is -2.00. The van der Waals surface area contributed by atoms with Crippen LogP contribution in [0.25, 0.3) is 10.2 Å². The molecule has 0 bridgehead atoms. The van der Waals surface area contributed by atoms with Gasteiger partial charge in [-0.05, 0) is 42.3 Å². The molecule has 0 radical (unpaired) electrons. The molecule has 0 saturated heterocycles. The topological polar surface area (TPSA) is 24.9 Å². The van der Waals surface area contributed by atoms with Gasteiger partial charge in [-0.25, -0.2) is 9.37 Å². The molecule has 0 atom stereocenters. The molecule has 0 aliphatic heterocycles. The largest absolute Gasteiger partial charge is 0.381 e. The maximum atomic E-state index is 13.4. The summed E-state index contributed by atoms with van der Waals surface area (Å²) in [6.07, 6.45) is 0. The number of anilines is 1. The number of aryl methyl sites for hydroxylation is 1. The Hall–Kier alpha value is -1.94. The highest BCUT2D eigenvalue weighted by Gasteiger charge is 2.01. The second-order valence-corrected chi connectivity index (χ2v) is 5.36. The third-order valence-corrected chi connectivity index (χ3v) is 3.86. The Kier molecular flexibility index (Phi) is 3.17. The van der Waals surface area contributed by atoms with Crippen molar-refractivity contribution in [2.75, 3.05) is 5.32 Å². The zero-order valence-corrected chi connectivity index (χ0v) is 11.3. The number of nitrogens with one attached hydrogen (secondary N) is 1. The summed E-state index contributed by atoms with van der Waals surface area (Å²) in [5.41, 5.74) is 5.49. The molecule has 0 aliphatic carbocycles. The maximum Gasteiger partial charge on any atom is 0.126 e. The first-order chi connectivity index (χ1) is 9.22. The predicted octanol–water partition coefficient (Wildman–Crippen LogP) is 4.36. The van der Waals surface area contributed by atoms with Crippen LogP contribution in [0, 0.1) is 12.7 Å². The van der Waals surface area contributed by atoms with Crippen molar-refractivity contribution in [1.82, 2.24) is 4.98 Å². The molecule has 2 nitrogen and oxygen atoms in total. The highest BCUT2D eigenvalue weighted by atomic mass is 32.1. The van der Waals surface area contributed by atoms with Crippen LogP contribution < -0.4 is 5.32 Å². The Labute approximate surface area is 114 Å². The summed E-state index contributed by atoms with van der Waals surface area (Å²) < 4.78 is 14.6. The molecule has 1 N–H and O–H groups in total. The molecule has 0 spiro atoms. The Morgan fingerprint density at radius 3 is 2.95 bits per heavy atom. The SMILES string of the molecule is Cc1ccc(CNc2ccc3ncsc3c2)cc1F. The summed E-state index contributed by atoms with van der Waals surface area (Å²) in [5.74, 6) is -0.155. The Morgan fingerprint density at radius 1 is 1.21 bits per heavy atom. The van der Waals surface area contributed by atoms with Crippen molar-refractivity contribution in [3.05, 3.63) is 58.9 Å². The first-order valence-corrected chi connectivity index (χ1v) is 6.92. The Bertz CT molecular complexity index is 721. The van der Waals surface area contributed by atoms with Crippen molar-refractivity contribution in [3.8, 4) is 0 Å². The lowest BCUT2D eigenvalue weighted by atomic mass is 10.1. The number of thiazole rings is 1. The van der Waals surface area contributed by atoms with Gasteiger partial charge in [0.25, 0.3) is 0 Å². The fraction of sp³-hybridized carbons (Fsp3) is 0.133. The molecule has 3 aromatic rings. The molecule has 1 aromatic heterocycles. The summed E-state index contributed by atoms with van der Waals surface area (Å²) >= 11 is 1.62. The van der Waals surface area contributed by atoms with Crippen LogP contribution >= 0.6 is 11.3 Å². The van der Waals surface area contributed by atoms with E-state index in [0.29, 0.717) is 12.1 Å². The molecule has 0 saturated carbocycles. The monoisotopic (exact) mass is 272 g/mol. The fourth-order valence-corrected chi connectivity index (χ4v) is 2.63. The summed E-state index contributed by atoms with van der Waals surface area (Å²) in [4.78, 5) is 4.24. The number of fused-ring (bicyclic) bond motifs is 1. The first-order valence-electron chi connectivity index (χ1n) is 6.04. The van der Waals surface area contributed by atoms with Crippen LogP contribution in [0.1, 0.15) is 11.1 Å². The van der Waals surface area contributed by atoms with Crippen LogP contribution in [0.2, 0.25) is 0 Å². The van der Waals surface area contributed by atoms with Crippen LogP contribution in [-0.4, -0.2) is 4.98 Å². The number of halogens is 1. The smallest absolute Gasteiger partial charge is 0.126 e. The highest BCUT2D eigenvalue weighted by Crippen LogP contribution is 2.22. The molecule has 0 amide bonds. The normalized spacial score (nSPS) is 10.8. The van der Waals surface area contributed by atoms with Gasteiger partial charge < -0.3 is 5.32 Å². The van der Waals surface area contributed by atoms with E-state index in [1.807, 2.05) is 23.7 Å². The predicted molar refractivity (Wildman–Crippen MR) is 78.1 cm³/mol. The van der Waals surface area contributed by atoms with E-state index in [-0.39, 0.29) is 5.82 Å². The van der Waals surface area contributed by atoms with Gasteiger partial charge in [-0.15, -0.1) is 11.3 Å². The van der Waals surface area contributed by atoms with Gasteiger partial charge in [0.1, 0.15) is 5.82 Å². The standard InChI is InChI=1S/C15H13FN2S/c1-10-2-3-11(6-13(10)16)8-17-12-4-5-14-15(7-12)19-9-18-14/h2-7,9,17H,8H2,1H3. The van der Waals surface area contributed by atoms with E-state index in [0.717, 1.165) is 21.5 Å². The van der Waals surface area contributed by atoms with Gasteiger partial charge >= 0.3 is 0 Å². The van der Waals surface area contributed by atoms with E-state index in [4.69, 9.17) is 0 Å². The number of hydrogen-bond acceptors (Lipinski definition) is 3. The number of rotatable bonds is 3. The van der Waals surface area contributed by atoms with Gasteiger partial charge in [0.2, 0.25) is 0 Å². The summed E-state index contributed by atoms with van der Waals surface area (Å²) in [6, 6.07) is 11.4. The van der Waals surface area contributed by atoms with E-state index in [2.05, 4.69) is 16.4 Å². The second-order valence-electron chi connectivity index (χ2n) is 4.47. The minimum absolute atomic E-state index is 0.155. The van der Waals surface area contributed by atoms with Crippen molar-refractivity contribution in [1.29, 1.82) is 0 Å². The zero-order chi connectivity index (χ0) is 13.2. The van der Waals surface area contributed by atoms with Gasteiger partial charge in [-0.1, -0.05) is 12.1 Å². The minimum atomic E-state index is -0.155. The fourth-order valence-electron chi connectivity index (χ4n) is 1.92. The molecule has 96 valence electrons. The average Bonchev–Trinajstić information content (AvgIpc) is 2.87. The summed E-state index contributed by atoms with van der Waals surface area (Å²) in [5, 5.41) is 3.30. The van der Waals surface area contributed by atoms with Gasteiger partial charge in [-0.2, -0.15) is 0 Å². The van der Waals surface area contributed by atoms with Gasteiger partial charge in [0.05, 0.1) is 15.7 Å². The highest BCUT2D eigenvalue weighted by molar-refractivity contribution is 7.16. The average molecular weight is 272 g/mol. The molecule has 0 fully saturated rings. The first kappa shape index (κ1) is 12.1. The summed E-state index contributed by atoms with van der Waals surface area (Å²) in [6.45, 7) is 2.38. The van der Waals surface area contributed by atoms with Gasteiger partial charge in [0, 0.05) is 12.2 Å². The van der Waals surface area contributed by atoms with Gasteiger partial charge in [-0.3, -0.25) is 0 Å². The number of benzene rings is 2. The molecule has 0 unspecified atom stereocenters. The number of nitrogens with zero attached hydrogens (tertiary/aromatic N) is 1. The summed E-state index contributed by atoms with van der Waals surface area (Å²) in [7, 11) is 0. The van der Waals surface area contributed by atoms with Crippen molar-refractivity contribution in [3.63, 3.8) is 0 Å². The van der Waals surface area contributed by atoms with Crippen LogP contribution in [0.3, 0.4) is 0 Å². The van der Waals surface area contributed by atoms with Crippen LogP contribution in [-0.2, 0) is 6.54 Å². The third kappa shape index (κ3) is 2.58. The molecule has 19 heavy (non-hydrogen) atoms. The quantitative estimate of drug-likeness (QED) is 0.766. The van der Waals surface area contributed by atoms with Gasteiger partial charge in [0.15, 0.2) is 0 Å². The van der Waals surface area contributed by atoms with E-state index >= 15 is 0 Å². The van der Waals surface area contributed by atoms with Crippen LogP contribution in [0.15, 0.2) is 41.9 Å². The molecular formula is C15H13FN2S. The molecule has 4 heteroatoms. The Morgan fingerprint density at radius 2 is 2.11 bits per heavy atom.